The van der Waals surface area contributed by atoms with Gasteiger partial charge in [0.05, 0.1) is 25.5 Å². The molecule has 0 unspecified atom stereocenters. The molecule has 1 heterocycles. The number of halogens is 7. The van der Waals surface area contributed by atoms with Crippen LogP contribution in [0.5, 0.6) is 11.5 Å². The number of methoxy groups -OCH3 is 2. The summed E-state index contributed by atoms with van der Waals surface area (Å²) in [5.74, 6) is -2.88. The van der Waals surface area contributed by atoms with Crippen LogP contribution in [0, 0.1) is 5.82 Å². The molecule has 1 aliphatic heterocycles. The normalized spacial score (nSPS) is 23.6. The van der Waals surface area contributed by atoms with Crippen LogP contribution in [-0.2, 0) is 16.4 Å². The van der Waals surface area contributed by atoms with E-state index >= 15 is 0 Å². The first kappa shape index (κ1) is 36.1. The van der Waals surface area contributed by atoms with E-state index in [1.807, 2.05) is 6.07 Å². The second kappa shape index (κ2) is 14.6. The smallest absolute Gasteiger partial charge is 0.490 e. The zero-order valence-corrected chi connectivity index (χ0v) is 25.9. The van der Waals surface area contributed by atoms with Crippen molar-refractivity contribution < 1.29 is 54.9 Å². The number of fused-ring (bicyclic) bond motifs is 1. The fourth-order valence-corrected chi connectivity index (χ4v) is 7.24. The number of hydrogen-bond acceptors (Lipinski definition) is 5. The number of rotatable bonds is 6. The van der Waals surface area contributed by atoms with Crippen molar-refractivity contribution in [1.82, 2.24) is 10.2 Å². The van der Waals surface area contributed by atoms with Crippen molar-refractivity contribution in [2.45, 2.75) is 93.7 Å². The third-order valence-corrected chi connectivity index (χ3v) is 9.43. The Labute approximate surface area is 267 Å². The van der Waals surface area contributed by atoms with Gasteiger partial charge in [-0.1, -0.05) is 31.4 Å². The lowest BCUT2D eigenvalue weighted by Crippen LogP contribution is -2.55. The highest BCUT2D eigenvalue weighted by Crippen LogP contribution is 2.52. The summed E-state index contributed by atoms with van der Waals surface area (Å²) in [7, 11) is 3.25. The molecule has 47 heavy (non-hydrogen) atoms. The largest absolute Gasteiger partial charge is 0.493 e. The molecule has 15 heteroatoms. The minimum absolute atomic E-state index is 0.112. The molecular formula is C32H38F7N3O5. The Morgan fingerprint density at radius 1 is 0.936 bits per heavy atom. The van der Waals surface area contributed by atoms with Crippen LogP contribution in [0.2, 0.25) is 0 Å². The number of amides is 2. The number of benzene rings is 2. The second-order valence-corrected chi connectivity index (χ2v) is 12.1. The molecule has 3 fully saturated rings. The van der Waals surface area contributed by atoms with Crippen LogP contribution in [0.15, 0.2) is 36.4 Å². The van der Waals surface area contributed by atoms with Crippen LogP contribution in [0.4, 0.5) is 41.2 Å². The number of urea groups is 1. The van der Waals surface area contributed by atoms with Gasteiger partial charge in [-0.05, 0) is 74.9 Å². The van der Waals surface area contributed by atoms with E-state index in [0.717, 1.165) is 44.4 Å². The number of nitrogens with zero attached hydrogens (tertiary/aromatic N) is 1. The number of likely N-dealkylation sites (tertiary alicyclic amines) is 1. The van der Waals surface area contributed by atoms with Gasteiger partial charge in [0, 0.05) is 23.5 Å². The van der Waals surface area contributed by atoms with Crippen LogP contribution >= 0.6 is 0 Å². The summed E-state index contributed by atoms with van der Waals surface area (Å²) in [5, 5.41) is 12.4. The van der Waals surface area contributed by atoms with Crippen molar-refractivity contribution in [3.8, 4) is 11.5 Å². The quantitative estimate of drug-likeness (QED) is 0.274. The summed E-state index contributed by atoms with van der Waals surface area (Å²) in [5.41, 5.74) is -0.814. The maximum absolute atomic E-state index is 14.5. The second-order valence-electron chi connectivity index (χ2n) is 12.1. The van der Waals surface area contributed by atoms with Gasteiger partial charge in [-0.2, -0.15) is 26.3 Å². The van der Waals surface area contributed by atoms with Crippen molar-refractivity contribution in [2.24, 2.45) is 0 Å². The van der Waals surface area contributed by atoms with Gasteiger partial charge in [0.25, 0.3) is 0 Å². The van der Waals surface area contributed by atoms with E-state index in [1.165, 1.54) is 24.8 Å². The number of carbonyl (C=O) groups is 2. The number of carbonyl (C=O) groups excluding carboxylic acids is 1. The van der Waals surface area contributed by atoms with E-state index in [1.54, 1.807) is 14.2 Å². The molecule has 260 valence electrons. The molecule has 0 radical (unpaired) electrons. The molecule has 3 N–H and O–H groups in total. The minimum atomic E-state index is -5.08. The van der Waals surface area contributed by atoms with Gasteiger partial charge >= 0.3 is 24.4 Å². The van der Waals surface area contributed by atoms with Gasteiger partial charge in [-0.25, -0.2) is 14.0 Å². The van der Waals surface area contributed by atoms with E-state index in [9.17, 15) is 35.5 Å². The number of carboxylic acids is 1. The van der Waals surface area contributed by atoms with Gasteiger partial charge in [0.1, 0.15) is 0 Å². The average molecular weight is 678 g/mol. The van der Waals surface area contributed by atoms with E-state index in [0.29, 0.717) is 36.4 Å². The monoisotopic (exact) mass is 677 g/mol. The van der Waals surface area contributed by atoms with E-state index in [4.69, 9.17) is 19.4 Å². The third kappa shape index (κ3) is 8.22. The Morgan fingerprint density at radius 3 is 2.19 bits per heavy atom. The van der Waals surface area contributed by atoms with E-state index in [2.05, 4.69) is 27.7 Å². The standard InChI is InChI=1S/C30H37F4N3O3.C2HF3O2/c1-39-24-12-11-19(17-25(24)40-2)29-14-13-20(18-26(29)37(16-15-29)21-7-4-3-5-8-21)35-28(38)36-23-10-6-9-22(27(23)31)30(32,33)34;3-2(4,5)1(6)7/h6,9-12,17,20-21,26H,3-5,7-8,13-16,18H2,1-2H3,(H2,35,36,38);(H,6,7)/t20-,26+,29+;/m1./s1. The number of ether oxygens (including phenoxy) is 2. The number of aliphatic carboxylic acids is 1. The Kier molecular flexibility index (Phi) is 11.2. The number of hydrogen-bond donors (Lipinski definition) is 3. The Hall–Kier alpha value is -3.75. The van der Waals surface area contributed by atoms with E-state index < -0.39 is 41.4 Å². The van der Waals surface area contributed by atoms with Gasteiger partial charge in [-0.15, -0.1) is 0 Å². The first-order valence-electron chi connectivity index (χ1n) is 15.3. The summed E-state index contributed by atoms with van der Waals surface area (Å²) < 4.78 is 96.7. The number of carboxylic acid groups (broad SMARTS) is 1. The molecule has 2 aliphatic carbocycles. The van der Waals surface area contributed by atoms with Gasteiger partial charge in [-0.3, -0.25) is 4.90 Å². The molecule has 0 aromatic heterocycles. The minimum Gasteiger partial charge on any atom is -0.493 e. The van der Waals surface area contributed by atoms with Crippen LogP contribution in [-0.4, -0.2) is 67.1 Å². The number of alkyl halides is 6. The molecule has 0 bridgehead atoms. The highest BCUT2D eigenvalue weighted by molar-refractivity contribution is 5.89. The van der Waals surface area contributed by atoms with Crippen molar-refractivity contribution in [3.63, 3.8) is 0 Å². The zero-order valence-electron chi connectivity index (χ0n) is 25.9. The van der Waals surface area contributed by atoms with Crippen molar-refractivity contribution in [1.29, 1.82) is 0 Å². The van der Waals surface area contributed by atoms with Gasteiger partial charge in [0.2, 0.25) is 0 Å². The summed E-state index contributed by atoms with van der Waals surface area (Å²) >= 11 is 0. The highest BCUT2D eigenvalue weighted by atomic mass is 19.4. The molecule has 1 saturated heterocycles. The highest BCUT2D eigenvalue weighted by Gasteiger charge is 2.53. The number of anilines is 1. The average Bonchev–Trinajstić information content (AvgIpc) is 3.41. The lowest BCUT2D eigenvalue weighted by Gasteiger charge is -2.47. The summed E-state index contributed by atoms with van der Waals surface area (Å²) in [4.78, 5) is 24.4. The summed E-state index contributed by atoms with van der Waals surface area (Å²) in [6, 6.07) is 8.79. The third-order valence-electron chi connectivity index (χ3n) is 9.43. The lowest BCUT2D eigenvalue weighted by atomic mass is 9.64. The fourth-order valence-electron chi connectivity index (χ4n) is 7.24. The van der Waals surface area contributed by atoms with Gasteiger partial charge in [0.15, 0.2) is 17.3 Å². The Balaban J connectivity index is 0.000000644. The molecule has 2 saturated carbocycles. The van der Waals surface area contributed by atoms with Crippen LogP contribution in [0.3, 0.4) is 0 Å². The SMILES string of the molecule is COc1ccc([C@@]23CC[C@@H](NC(=O)Nc4cccc(C(F)(F)F)c4F)C[C@@H]2N(C2CCCCC2)CC3)cc1OC.O=C(O)C(F)(F)F. The molecule has 2 aromatic carbocycles. The van der Waals surface area contributed by atoms with Gasteiger partial charge < -0.3 is 25.2 Å². The summed E-state index contributed by atoms with van der Waals surface area (Å²) in [6.45, 7) is 0.970. The first-order valence-corrected chi connectivity index (χ1v) is 15.3. The van der Waals surface area contributed by atoms with Crippen molar-refractivity contribution >= 4 is 17.7 Å². The molecule has 2 aromatic rings. The van der Waals surface area contributed by atoms with Crippen LogP contribution in [0.25, 0.3) is 0 Å². The topological polar surface area (TPSA) is 100 Å². The maximum Gasteiger partial charge on any atom is 0.490 e. The molecule has 3 aliphatic rings. The maximum atomic E-state index is 14.5. The molecular weight excluding hydrogens is 639 g/mol. The number of nitrogens with one attached hydrogen (secondary N) is 2. The first-order chi connectivity index (χ1) is 22.1. The van der Waals surface area contributed by atoms with E-state index in [-0.39, 0.29) is 17.5 Å². The molecule has 5 rings (SSSR count). The van der Waals surface area contributed by atoms with Crippen LogP contribution < -0.4 is 20.1 Å². The summed E-state index contributed by atoms with van der Waals surface area (Å²) in [6.07, 6.45) is -0.708. The molecule has 3 atom stereocenters. The molecule has 2 amide bonds. The Bertz CT molecular complexity index is 1410. The Morgan fingerprint density at radius 2 is 1.60 bits per heavy atom. The van der Waals surface area contributed by atoms with Crippen molar-refractivity contribution in [3.05, 3.63) is 53.3 Å². The fraction of sp³-hybridized carbons (Fsp3) is 0.562. The molecule has 8 nitrogen and oxygen atoms in total. The predicted octanol–water partition coefficient (Wildman–Crippen LogP) is 7.51. The van der Waals surface area contributed by atoms with Crippen molar-refractivity contribution in [2.75, 3.05) is 26.1 Å². The predicted molar refractivity (Wildman–Crippen MR) is 158 cm³/mol. The lowest BCUT2D eigenvalue weighted by molar-refractivity contribution is -0.192. The van der Waals surface area contributed by atoms with Crippen LogP contribution in [0.1, 0.15) is 68.9 Å². The zero-order chi connectivity index (χ0) is 34.6. The molecule has 0 spiro atoms.